The third-order valence-corrected chi connectivity index (χ3v) is 10.6. The molecule has 9 rings (SSSR count). The molecule has 48 heavy (non-hydrogen) atoms. The molecule has 1 saturated carbocycles. The van der Waals surface area contributed by atoms with Gasteiger partial charge in [0.15, 0.2) is 0 Å². The number of benzene rings is 7. The van der Waals surface area contributed by atoms with Gasteiger partial charge >= 0.3 is 0 Å². The zero-order valence-corrected chi connectivity index (χ0v) is 27.0. The predicted octanol–water partition coefficient (Wildman–Crippen LogP) is 13.0. The lowest BCUT2D eigenvalue weighted by Gasteiger charge is -2.30. The maximum Gasteiger partial charge on any atom is 0.0465 e. The Morgan fingerprint density at radius 2 is 0.792 bits per heavy atom. The van der Waals surface area contributed by atoms with Crippen LogP contribution in [0.4, 0.5) is 17.1 Å². The maximum atomic E-state index is 2.50. The summed E-state index contributed by atoms with van der Waals surface area (Å²) in [6.07, 6.45) is 5.02. The standard InChI is InChI=1S/C47H37N/c1-3-12-34(13-4-1)36-20-24-40(25-21-36)48(41-26-22-37(23-27-41)39-17-11-16-38(32-39)35-14-5-2-6-15-35)42-28-29-44-43-18-7-8-19-45(43)47(46(44)33-42)30-9-10-31-47/h1-8,11-29,32-33H,9-10,30-31H2. The largest absolute Gasteiger partial charge is 0.310 e. The summed E-state index contributed by atoms with van der Waals surface area (Å²) in [6.45, 7) is 0. The second-order valence-corrected chi connectivity index (χ2v) is 13.3. The molecule has 0 aromatic heterocycles. The highest BCUT2D eigenvalue weighted by atomic mass is 15.1. The van der Waals surface area contributed by atoms with E-state index in [0.717, 1.165) is 11.4 Å². The van der Waals surface area contributed by atoms with Crippen molar-refractivity contribution >= 4 is 17.1 Å². The minimum absolute atomic E-state index is 0.123. The van der Waals surface area contributed by atoms with Crippen molar-refractivity contribution in [1.29, 1.82) is 0 Å². The fourth-order valence-electron chi connectivity index (χ4n) is 8.29. The van der Waals surface area contributed by atoms with Crippen molar-refractivity contribution in [3.05, 3.63) is 187 Å². The van der Waals surface area contributed by atoms with Gasteiger partial charge in [0.1, 0.15) is 0 Å². The zero-order chi connectivity index (χ0) is 31.9. The molecule has 2 aliphatic carbocycles. The summed E-state index contributed by atoms with van der Waals surface area (Å²) in [4.78, 5) is 2.44. The average molecular weight is 616 g/mol. The summed E-state index contributed by atoms with van der Waals surface area (Å²) in [7, 11) is 0. The van der Waals surface area contributed by atoms with Crippen molar-refractivity contribution in [1.82, 2.24) is 0 Å². The third-order valence-electron chi connectivity index (χ3n) is 10.6. The van der Waals surface area contributed by atoms with Gasteiger partial charge in [-0.3, -0.25) is 0 Å². The van der Waals surface area contributed by atoms with E-state index in [-0.39, 0.29) is 5.41 Å². The topological polar surface area (TPSA) is 3.24 Å². The van der Waals surface area contributed by atoms with Crippen LogP contribution in [0.1, 0.15) is 36.8 Å². The second-order valence-electron chi connectivity index (χ2n) is 13.3. The molecule has 1 spiro atoms. The van der Waals surface area contributed by atoms with Crippen molar-refractivity contribution in [3.63, 3.8) is 0 Å². The lowest BCUT2D eigenvalue weighted by Crippen LogP contribution is -2.21. The van der Waals surface area contributed by atoms with E-state index >= 15 is 0 Å². The van der Waals surface area contributed by atoms with Crippen LogP contribution in [0.2, 0.25) is 0 Å². The Labute approximate surface area is 283 Å². The molecule has 1 nitrogen and oxygen atoms in total. The summed E-state index contributed by atoms with van der Waals surface area (Å²) in [5.41, 5.74) is 16.9. The fourth-order valence-corrected chi connectivity index (χ4v) is 8.29. The molecule has 0 bridgehead atoms. The highest BCUT2D eigenvalue weighted by molar-refractivity contribution is 5.87. The summed E-state index contributed by atoms with van der Waals surface area (Å²) in [6, 6.07) is 64.6. The quantitative estimate of drug-likeness (QED) is 0.180. The lowest BCUT2D eigenvalue weighted by atomic mass is 9.76. The average Bonchev–Trinajstić information content (AvgIpc) is 3.77. The number of fused-ring (bicyclic) bond motifs is 5. The number of rotatable bonds is 6. The monoisotopic (exact) mass is 615 g/mol. The van der Waals surface area contributed by atoms with E-state index in [2.05, 4.69) is 181 Å². The molecule has 0 aliphatic heterocycles. The van der Waals surface area contributed by atoms with E-state index in [1.165, 1.54) is 87.0 Å². The van der Waals surface area contributed by atoms with Crippen LogP contribution in [0, 0.1) is 0 Å². The Kier molecular flexibility index (Phi) is 7.05. The van der Waals surface area contributed by atoms with Crippen LogP contribution >= 0.6 is 0 Å². The molecular formula is C47H37N. The van der Waals surface area contributed by atoms with Gasteiger partial charge in [-0.25, -0.2) is 0 Å². The molecule has 7 aromatic rings. The Morgan fingerprint density at radius 1 is 0.333 bits per heavy atom. The molecule has 0 heterocycles. The first-order valence-corrected chi connectivity index (χ1v) is 17.2. The van der Waals surface area contributed by atoms with Gasteiger partial charge in [-0.05, 0) is 111 Å². The first-order chi connectivity index (χ1) is 23.8. The summed E-state index contributed by atoms with van der Waals surface area (Å²) < 4.78 is 0. The van der Waals surface area contributed by atoms with Crippen molar-refractivity contribution in [2.45, 2.75) is 31.1 Å². The van der Waals surface area contributed by atoms with Crippen molar-refractivity contribution < 1.29 is 0 Å². The van der Waals surface area contributed by atoms with Crippen LogP contribution in [0.5, 0.6) is 0 Å². The van der Waals surface area contributed by atoms with Gasteiger partial charge in [-0.15, -0.1) is 0 Å². The molecule has 0 atom stereocenters. The molecule has 0 amide bonds. The van der Waals surface area contributed by atoms with Crippen molar-refractivity contribution in [2.24, 2.45) is 0 Å². The number of hydrogen-bond acceptors (Lipinski definition) is 1. The first kappa shape index (κ1) is 28.6. The summed E-state index contributed by atoms with van der Waals surface area (Å²) >= 11 is 0. The molecule has 0 N–H and O–H groups in total. The number of hydrogen-bond donors (Lipinski definition) is 0. The summed E-state index contributed by atoms with van der Waals surface area (Å²) in [5.74, 6) is 0. The van der Waals surface area contributed by atoms with Gasteiger partial charge in [0.2, 0.25) is 0 Å². The second kappa shape index (κ2) is 11.9. The molecule has 0 saturated heterocycles. The molecule has 0 radical (unpaired) electrons. The van der Waals surface area contributed by atoms with E-state index < -0.39 is 0 Å². The molecule has 0 unspecified atom stereocenters. The van der Waals surface area contributed by atoms with Gasteiger partial charge in [0.25, 0.3) is 0 Å². The lowest BCUT2D eigenvalue weighted by molar-refractivity contribution is 0.550. The Bertz CT molecular complexity index is 2210. The fraction of sp³-hybridized carbons (Fsp3) is 0.106. The summed E-state index contributed by atoms with van der Waals surface area (Å²) in [5, 5.41) is 0. The van der Waals surface area contributed by atoms with Crippen LogP contribution in [-0.2, 0) is 5.41 Å². The highest BCUT2D eigenvalue weighted by Crippen LogP contribution is 2.57. The van der Waals surface area contributed by atoms with E-state index in [1.54, 1.807) is 0 Å². The van der Waals surface area contributed by atoms with Gasteiger partial charge in [-0.1, -0.05) is 146 Å². The number of nitrogens with zero attached hydrogens (tertiary/aromatic N) is 1. The smallest absolute Gasteiger partial charge is 0.0465 e. The minimum atomic E-state index is 0.123. The minimum Gasteiger partial charge on any atom is -0.310 e. The Morgan fingerprint density at radius 3 is 1.42 bits per heavy atom. The molecule has 230 valence electrons. The number of anilines is 3. The van der Waals surface area contributed by atoms with Crippen molar-refractivity contribution in [2.75, 3.05) is 4.90 Å². The molecule has 1 heteroatoms. The van der Waals surface area contributed by atoms with Crippen molar-refractivity contribution in [3.8, 4) is 44.5 Å². The van der Waals surface area contributed by atoms with E-state index in [4.69, 9.17) is 0 Å². The third kappa shape index (κ3) is 4.86. The first-order valence-electron chi connectivity index (χ1n) is 17.2. The van der Waals surface area contributed by atoms with Crippen LogP contribution in [-0.4, -0.2) is 0 Å². The Balaban J connectivity index is 1.14. The zero-order valence-electron chi connectivity index (χ0n) is 27.0. The van der Waals surface area contributed by atoms with Gasteiger partial charge in [0, 0.05) is 22.5 Å². The van der Waals surface area contributed by atoms with E-state index in [1.807, 2.05) is 0 Å². The molecular weight excluding hydrogens is 579 g/mol. The molecule has 7 aromatic carbocycles. The highest BCUT2D eigenvalue weighted by Gasteiger charge is 2.45. The Hall–Kier alpha value is -5.66. The van der Waals surface area contributed by atoms with Gasteiger partial charge in [0.05, 0.1) is 0 Å². The normalized spacial score (nSPS) is 14.1. The van der Waals surface area contributed by atoms with Crippen LogP contribution < -0.4 is 4.90 Å². The molecule has 2 aliphatic rings. The predicted molar refractivity (Wildman–Crippen MR) is 202 cm³/mol. The van der Waals surface area contributed by atoms with Gasteiger partial charge in [-0.2, -0.15) is 0 Å². The molecule has 1 fully saturated rings. The SMILES string of the molecule is c1ccc(-c2ccc(N(c3ccc(-c4cccc(-c5ccccc5)c4)cc3)c3ccc4c(c3)C3(CCCC3)c3ccccc3-4)cc2)cc1. The van der Waals surface area contributed by atoms with Crippen LogP contribution in [0.15, 0.2) is 176 Å². The van der Waals surface area contributed by atoms with E-state index in [9.17, 15) is 0 Å². The van der Waals surface area contributed by atoms with Crippen LogP contribution in [0.3, 0.4) is 0 Å². The van der Waals surface area contributed by atoms with E-state index in [0.29, 0.717) is 0 Å². The van der Waals surface area contributed by atoms with Crippen LogP contribution in [0.25, 0.3) is 44.5 Å². The maximum absolute atomic E-state index is 2.50. The van der Waals surface area contributed by atoms with Gasteiger partial charge < -0.3 is 4.90 Å².